The zero-order chi connectivity index (χ0) is 17.4. The smallest absolute Gasteiger partial charge is 0.0917 e. The Morgan fingerprint density at radius 2 is 1.79 bits per heavy atom. The van der Waals surface area contributed by atoms with Crippen molar-refractivity contribution in [3.05, 3.63) is 46.9 Å². The van der Waals surface area contributed by atoms with Crippen molar-refractivity contribution in [1.82, 2.24) is 14.5 Å². The van der Waals surface area contributed by atoms with Gasteiger partial charge in [-0.1, -0.05) is 20.8 Å². The molecule has 0 amide bonds. The van der Waals surface area contributed by atoms with Crippen LogP contribution < -0.4 is 0 Å². The molecule has 0 aliphatic rings. The number of nitrogens with zero attached hydrogens (tertiary/aromatic N) is 3. The van der Waals surface area contributed by atoms with Crippen LogP contribution in [-0.4, -0.2) is 14.5 Å². The van der Waals surface area contributed by atoms with E-state index in [0.29, 0.717) is 5.92 Å². The maximum atomic E-state index is 5.04. The SMILES string of the molecule is CCc1nc(C(C)C)ccc1-c1nc2c(C)cn(CC)c2cc1C. The lowest BCUT2D eigenvalue weighted by Crippen LogP contribution is -2.02. The van der Waals surface area contributed by atoms with Gasteiger partial charge in [0.15, 0.2) is 0 Å². The fraction of sp³-hybridized carbons (Fsp3) is 0.429. The van der Waals surface area contributed by atoms with Gasteiger partial charge in [-0.2, -0.15) is 0 Å². The maximum absolute atomic E-state index is 5.04. The molecule has 0 aliphatic carbocycles. The first-order chi connectivity index (χ1) is 11.5. The summed E-state index contributed by atoms with van der Waals surface area (Å²) in [5, 5.41) is 0. The molecule has 24 heavy (non-hydrogen) atoms. The second kappa shape index (κ2) is 6.39. The van der Waals surface area contributed by atoms with Gasteiger partial charge in [0.2, 0.25) is 0 Å². The molecular formula is C21H27N3. The highest BCUT2D eigenvalue weighted by Crippen LogP contribution is 2.30. The van der Waals surface area contributed by atoms with Crippen LogP contribution in [-0.2, 0) is 13.0 Å². The van der Waals surface area contributed by atoms with E-state index in [2.05, 4.69) is 70.5 Å². The van der Waals surface area contributed by atoms with Gasteiger partial charge in [0.25, 0.3) is 0 Å². The molecular weight excluding hydrogens is 294 g/mol. The Morgan fingerprint density at radius 1 is 1.04 bits per heavy atom. The van der Waals surface area contributed by atoms with E-state index in [1.807, 2.05) is 0 Å². The van der Waals surface area contributed by atoms with E-state index >= 15 is 0 Å². The number of hydrogen-bond acceptors (Lipinski definition) is 2. The Balaban J connectivity index is 2.22. The minimum absolute atomic E-state index is 0.446. The third kappa shape index (κ3) is 2.72. The van der Waals surface area contributed by atoms with Crippen LogP contribution in [0.25, 0.3) is 22.3 Å². The summed E-state index contributed by atoms with van der Waals surface area (Å²) in [5.41, 5.74) is 9.31. The van der Waals surface area contributed by atoms with Crippen molar-refractivity contribution >= 4 is 11.0 Å². The van der Waals surface area contributed by atoms with Crippen molar-refractivity contribution in [2.45, 2.75) is 60.4 Å². The van der Waals surface area contributed by atoms with Crippen molar-refractivity contribution in [3.8, 4) is 11.3 Å². The first-order valence-corrected chi connectivity index (χ1v) is 8.93. The monoisotopic (exact) mass is 321 g/mol. The predicted octanol–water partition coefficient (Wildman–Crippen LogP) is 5.42. The molecule has 0 radical (unpaired) electrons. The van der Waals surface area contributed by atoms with E-state index in [1.54, 1.807) is 0 Å². The quantitative estimate of drug-likeness (QED) is 0.642. The van der Waals surface area contributed by atoms with Crippen LogP contribution >= 0.6 is 0 Å². The molecule has 3 heteroatoms. The average molecular weight is 321 g/mol. The number of hydrogen-bond donors (Lipinski definition) is 0. The molecule has 0 spiro atoms. The van der Waals surface area contributed by atoms with Crippen LogP contribution in [0.3, 0.4) is 0 Å². The number of fused-ring (bicyclic) bond motifs is 1. The Kier molecular flexibility index (Phi) is 4.44. The first kappa shape index (κ1) is 16.7. The van der Waals surface area contributed by atoms with E-state index < -0.39 is 0 Å². The highest BCUT2D eigenvalue weighted by atomic mass is 15.0. The lowest BCUT2D eigenvalue weighted by molar-refractivity contribution is 0.794. The molecule has 0 aliphatic heterocycles. The second-order valence-corrected chi connectivity index (χ2v) is 6.86. The third-order valence-corrected chi connectivity index (χ3v) is 4.74. The molecule has 3 nitrogen and oxygen atoms in total. The minimum atomic E-state index is 0.446. The zero-order valence-corrected chi connectivity index (χ0v) is 15.6. The Labute approximate surface area is 144 Å². The molecule has 0 aromatic carbocycles. The molecule has 0 N–H and O–H groups in total. The van der Waals surface area contributed by atoms with E-state index in [4.69, 9.17) is 9.97 Å². The number of aromatic nitrogens is 3. The molecule has 0 bridgehead atoms. The lowest BCUT2D eigenvalue weighted by Gasteiger charge is -2.13. The molecule has 3 aromatic rings. The van der Waals surface area contributed by atoms with Crippen molar-refractivity contribution in [2.75, 3.05) is 0 Å². The summed E-state index contributed by atoms with van der Waals surface area (Å²) >= 11 is 0. The standard InChI is InChI=1S/C21H27N3/c1-7-17-16(9-10-18(22-17)13(3)4)20-14(5)11-19-21(23-20)15(6)12-24(19)8-2/h9-13H,7-8H2,1-6H3. The van der Waals surface area contributed by atoms with Gasteiger partial charge in [-0.25, -0.2) is 4.98 Å². The van der Waals surface area contributed by atoms with Gasteiger partial charge in [0.05, 0.1) is 16.7 Å². The largest absolute Gasteiger partial charge is 0.346 e. The first-order valence-electron chi connectivity index (χ1n) is 8.93. The van der Waals surface area contributed by atoms with Crippen LogP contribution in [0.5, 0.6) is 0 Å². The molecule has 0 saturated carbocycles. The third-order valence-electron chi connectivity index (χ3n) is 4.74. The van der Waals surface area contributed by atoms with Crippen LogP contribution in [0.1, 0.15) is 56.1 Å². The molecule has 0 fully saturated rings. The predicted molar refractivity (Wildman–Crippen MR) is 102 cm³/mol. The average Bonchev–Trinajstić information content (AvgIpc) is 2.88. The van der Waals surface area contributed by atoms with Crippen LogP contribution in [0.2, 0.25) is 0 Å². The summed E-state index contributed by atoms with van der Waals surface area (Å²) in [6.07, 6.45) is 3.12. The van der Waals surface area contributed by atoms with Gasteiger partial charge in [-0.3, -0.25) is 4.98 Å². The summed E-state index contributed by atoms with van der Waals surface area (Å²) in [4.78, 5) is 9.92. The lowest BCUT2D eigenvalue weighted by atomic mass is 10.0. The number of aryl methyl sites for hydroxylation is 4. The zero-order valence-electron chi connectivity index (χ0n) is 15.6. The number of rotatable bonds is 4. The van der Waals surface area contributed by atoms with E-state index in [0.717, 1.165) is 35.6 Å². The topological polar surface area (TPSA) is 30.7 Å². The van der Waals surface area contributed by atoms with Crippen molar-refractivity contribution < 1.29 is 0 Å². The van der Waals surface area contributed by atoms with E-state index in [-0.39, 0.29) is 0 Å². The van der Waals surface area contributed by atoms with E-state index in [1.165, 1.54) is 22.2 Å². The minimum Gasteiger partial charge on any atom is -0.346 e. The van der Waals surface area contributed by atoms with Crippen molar-refractivity contribution in [3.63, 3.8) is 0 Å². The summed E-state index contributed by atoms with van der Waals surface area (Å²) < 4.78 is 2.27. The van der Waals surface area contributed by atoms with Gasteiger partial charge in [0, 0.05) is 29.7 Å². The van der Waals surface area contributed by atoms with Gasteiger partial charge < -0.3 is 4.57 Å². The Hall–Kier alpha value is -2.16. The molecule has 0 saturated heterocycles. The summed E-state index contributed by atoms with van der Waals surface area (Å²) in [5.74, 6) is 0.446. The Bertz CT molecular complexity index is 888. The van der Waals surface area contributed by atoms with Crippen molar-refractivity contribution in [2.24, 2.45) is 0 Å². The molecule has 126 valence electrons. The molecule has 0 unspecified atom stereocenters. The van der Waals surface area contributed by atoms with E-state index in [9.17, 15) is 0 Å². The normalized spacial score (nSPS) is 11.6. The highest BCUT2D eigenvalue weighted by molar-refractivity contribution is 5.84. The van der Waals surface area contributed by atoms with Gasteiger partial charge in [0.1, 0.15) is 0 Å². The summed E-state index contributed by atoms with van der Waals surface area (Å²) in [7, 11) is 0. The molecule has 3 rings (SSSR count). The van der Waals surface area contributed by atoms with Gasteiger partial charge in [-0.15, -0.1) is 0 Å². The maximum Gasteiger partial charge on any atom is 0.0917 e. The van der Waals surface area contributed by atoms with Crippen molar-refractivity contribution in [1.29, 1.82) is 0 Å². The molecule has 0 atom stereocenters. The van der Waals surface area contributed by atoms with Gasteiger partial charge >= 0.3 is 0 Å². The van der Waals surface area contributed by atoms with Gasteiger partial charge in [-0.05, 0) is 62.4 Å². The second-order valence-electron chi connectivity index (χ2n) is 6.86. The summed E-state index contributed by atoms with van der Waals surface area (Å²) in [6.45, 7) is 14.0. The molecule has 3 heterocycles. The molecule has 3 aromatic heterocycles. The van der Waals surface area contributed by atoms with Crippen LogP contribution in [0.4, 0.5) is 0 Å². The summed E-state index contributed by atoms with van der Waals surface area (Å²) in [6, 6.07) is 6.62. The van der Waals surface area contributed by atoms with Crippen LogP contribution in [0, 0.1) is 13.8 Å². The number of pyridine rings is 2. The highest BCUT2D eigenvalue weighted by Gasteiger charge is 2.15. The Morgan fingerprint density at radius 3 is 2.42 bits per heavy atom. The fourth-order valence-corrected chi connectivity index (χ4v) is 3.33. The van der Waals surface area contributed by atoms with Crippen LogP contribution in [0.15, 0.2) is 24.4 Å². The fourth-order valence-electron chi connectivity index (χ4n) is 3.33.